The molecule has 3 atom stereocenters. The van der Waals surface area contributed by atoms with E-state index in [9.17, 15) is 4.79 Å². The van der Waals surface area contributed by atoms with Gasteiger partial charge in [0.15, 0.2) is 8.32 Å². The molecule has 1 fully saturated rings. The monoisotopic (exact) mass is 202 g/mol. The lowest BCUT2D eigenvalue weighted by Gasteiger charge is -2.16. The second kappa shape index (κ2) is 3.42. The molecule has 0 heterocycles. The average molecular weight is 202 g/mol. The van der Waals surface area contributed by atoms with E-state index in [0.717, 1.165) is 0 Å². The quantitative estimate of drug-likeness (QED) is 0.515. The predicted molar refractivity (Wildman–Crippen MR) is 52.9 cm³/mol. The Balaban J connectivity index is 2.45. The molecular weight excluding hydrogens is 184 g/mol. The van der Waals surface area contributed by atoms with Crippen molar-refractivity contribution in [1.82, 2.24) is 0 Å². The van der Waals surface area contributed by atoms with Crippen molar-refractivity contribution >= 4 is 14.3 Å². The molecule has 1 aliphatic carbocycles. The zero-order chi connectivity index (χ0) is 10.2. The molecule has 0 bridgehead atoms. The van der Waals surface area contributed by atoms with Gasteiger partial charge in [0.2, 0.25) is 0 Å². The summed E-state index contributed by atoms with van der Waals surface area (Å²) in [5, 5.41) is 0. The van der Waals surface area contributed by atoms with E-state index in [-0.39, 0.29) is 18.0 Å². The van der Waals surface area contributed by atoms with E-state index in [2.05, 4.69) is 24.4 Å². The van der Waals surface area contributed by atoms with Crippen LogP contribution in [0.25, 0.3) is 0 Å². The first-order valence-corrected chi connectivity index (χ1v) is 8.03. The number of hydrogen-bond acceptors (Lipinski definition) is 3. The molecule has 0 unspecified atom stereocenters. The van der Waals surface area contributed by atoms with Crippen LogP contribution >= 0.6 is 0 Å². The van der Waals surface area contributed by atoms with Gasteiger partial charge in [-0.3, -0.25) is 4.79 Å². The van der Waals surface area contributed by atoms with E-state index in [1.54, 1.807) is 0 Å². The Bertz CT molecular complexity index is 209. The Morgan fingerprint density at radius 3 is 2.23 bits per heavy atom. The Kier molecular flexibility index (Phi) is 2.82. The largest absolute Gasteiger partial charge is 0.469 e. The Morgan fingerprint density at radius 2 is 1.85 bits per heavy atom. The highest BCUT2D eigenvalue weighted by Crippen LogP contribution is 2.43. The second-order valence-electron chi connectivity index (χ2n) is 4.60. The molecule has 4 heteroatoms. The standard InChI is InChI=1S/C9H18O3Si/c1-6-7(9(10)11-2)8(6)12-13(3,4)5/h6-8H,1-5H3/t6-,7+,8-/m1/s1. The molecule has 1 saturated carbocycles. The van der Waals surface area contributed by atoms with Gasteiger partial charge in [0, 0.05) is 0 Å². The van der Waals surface area contributed by atoms with Crippen LogP contribution in [0.3, 0.4) is 0 Å². The molecule has 0 radical (unpaired) electrons. The lowest BCUT2D eigenvalue weighted by atomic mass is 10.3. The molecule has 0 N–H and O–H groups in total. The third-order valence-corrected chi connectivity index (χ3v) is 3.24. The minimum Gasteiger partial charge on any atom is -0.469 e. The van der Waals surface area contributed by atoms with Crippen molar-refractivity contribution in [3.8, 4) is 0 Å². The molecule has 0 aromatic carbocycles. The topological polar surface area (TPSA) is 35.5 Å². The van der Waals surface area contributed by atoms with Crippen molar-refractivity contribution in [2.75, 3.05) is 7.11 Å². The van der Waals surface area contributed by atoms with Gasteiger partial charge in [-0.05, 0) is 25.6 Å². The number of hydrogen-bond donors (Lipinski definition) is 0. The van der Waals surface area contributed by atoms with Crippen LogP contribution in [0.5, 0.6) is 0 Å². The molecule has 1 rings (SSSR count). The normalized spacial score (nSPS) is 32.8. The van der Waals surface area contributed by atoms with E-state index in [0.29, 0.717) is 5.92 Å². The summed E-state index contributed by atoms with van der Waals surface area (Å²) in [6, 6.07) is 0. The fraction of sp³-hybridized carbons (Fsp3) is 0.889. The molecule has 0 aromatic heterocycles. The molecule has 0 amide bonds. The van der Waals surface area contributed by atoms with Gasteiger partial charge in [0.1, 0.15) is 0 Å². The number of rotatable bonds is 3. The fourth-order valence-corrected chi connectivity index (χ4v) is 2.68. The van der Waals surface area contributed by atoms with Crippen molar-refractivity contribution in [2.45, 2.75) is 32.7 Å². The van der Waals surface area contributed by atoms with Crippen molar-refractivity contribution in [3.63, 3.8) is 0 Å². The van der Waals surface area contributed by atoms with Crippen LogP contribution in [0.4, 0.5) is 0 Å². The van der Waals surface area contributed by atoms with Crippen LogP contribution in [0.2, 0.25) is 19.6 Å². The molecule has 0 saturated heterocycles. The summed E-state index contributed by atoms with van der Waals surface area (Å²) in [6.07, 6.45) is 0.110. The molecule has 0 spiro atoms. The minimum atomic E-state index is -1.51. The number of esters is 1. The van der Waals surface area contributed by atoms with Gasteiger partial charge in [-0.15, -0.1) is 0 Å². The van der Waals surface area contributed by atoms with Crippen LogP contribution in [0, 0.1) is 11.8 Å². The maximum Gasteiger partial charge on any atom is 0.311 e. The van der Waals surface area contributed by atoms with Crippen LogP contribution < -0.4 is 0 Å². The summed E-state index contributed by atoms with van der Waals surface area (Å²) in [5.74, 6) is 0.187. The molecule has 1 aliphatic rings. The van der Waals surface area contributed by atoms with Crippen LogP contribution in [0.1, 0.15) is 6.92 Å². The van der Waals surface area contributed by atoms with E-state index in [1.165, 1.54) is 7.11 Å². The molecular formula is C9H18O3Si. The van der Waals surface area contributed by atoms with Gasteiger partial charge in [0.05, 0.1) is 19.1 Å². The number of carbonyl (C=O) groups excluding carboxylic acids is 1. The van der Waals surface area contributed by atoms with E-state index in [1.807, 2.05) is 6.92 Å². The first kappa shape index (κ1) is 10.7. The lowest BCUT2D eigenvalue weighted by molar-refractivity contribution is -0.143. The average Bonchev–Trinajstić information content (AvgIpc) is 2.57. The first-order valence-electron chi connectivity index (χ1n) is 4.62. The minimum absolute atomic E-state index is 0.0169. The van der Waals surface area contributed by atoms with Crippen LogP contribution in [-0.4, -0.2) is 27.5 Å². The smallest absolute Gasteiger partial charge is 0.311 e. The zero-order valence-electron chi connectivity index (χ0n) is 8.96. The fourth-order valence-electron chi connectivity index (χ4n) is 1.50. The Morgan fingerprint density at radius 1 is 1.31 bits per heavy atom. The van der Waals surface area contributed by atoms with Crippen molar-refractivity contribution in [1.29, 1.82) is 0 Å². The summed E-state index contributed by atoms with van der Waals surface area (Å²) in [6.45, 7) is 8.43. The van der Waals surface area contributed by atoms with E-state index < -0.39 is 8.32 Å². The van der Waals surface area contributed by atoms with Gasteiger partial charge in [-0.1, -0.05) is 6.92 Å². The van der Waals surface area contributed by atoms with E-state index >= 15 is 0 Å². The number of ether oxygens (including phenoxy) is 1. The highest BCUT2D eigenvalue weighted by Gasteiger charge is 2.54. The summed E-state index contributed by atoms with van der Waals surface area (Å²) in [7, 11) is -0.0783. The third-order valence-electron chi connectivity index (χ3n) is 2.26. The maximum atomic E-state index is 11.2. The lowest BCUT2D eigenvalue weighted by Crippen LogP contribution is -2.28. The van der Waals surface area contributed by atoms with Crippen LogP contribution in [0.15, 0.2) is 0 Å². The van der Waals surface area contributed by atoms with E-state index in [4.69, 9.17) is 4.43 Å². The van der Waals surface area contributed by atoms with Gasteiger partial charge in [-0.25, -0.2) is 0 Å². The third kappa shape index (κ3) is 2.54. The van der Waals surface area contributed by atoms with Crippen molar-refractivity contribution in [2.24, 2.45) is 11.8 Å². The Hall–Kier alpha value is -0.353. The molecule has 0 aromatic rings. The maximum absolute atomic E-state index is 11.2. The Labute approximate surface area is 80.5 Å². The second-order valence-corrected chi connectivity index (χ2v) is 9.06. The molecule has 13 heavy (non-hydrogen) atoms. The SMILES string of the molecule is COC(=O)[C@H]1[C@@H](C)[C@H]1O[Si](C)(C)C. The van der Waals surface area contributed by atoms with Gasteiger partial charge in [0.25, 0.3) is 0 Å². The molecule has 0 aliphatic heterocycles. The molecule has 3 nitrogen and oxygen atoms in total. The predicted octanol–water partition coefficient (Wildman–Crippen LogP) is 1.65. The van der Waals surface area contributed by atoms with Gasteiger partial charge >= 0.3 is 5.97 Å². The van der Waals surface area contributed by atoms with Gasteiger partial charge in [-0.2, -0.15) is 0 Å². The van der Waals surface area contributed by atoms with Gasteiger partial charge < -0.3 is 9.16 Å². The summed E-state index contributed by atoms with van der Waals surface area (Å²) < 4.78 is 10.5. The van der Waals surface area contributed by atoms with Crippen molar-refractivity contribution in [3.05, 3.63) is 0 Å². The van der Waals surface area contributed by atoms with Crippen molar-refractivity contribution < 1.29 is 14.0 Å². The summed E-state index contributed by atoms with van der Waals surface area (Å²) >= 11 is 0. The summed E-state index contributed by atoms with van der Waals surface area (Å²) in [5.41, 5.74) is 0. The number of carbonyl (C=O) groups is 1. The number of methoxy groups -OCH3 is 1. The highest BCUT2D eigenvalue weighted by atomic mass is 28.4. The molecule has 76 valence electrons. The summed E-state index contributed by atoms with van der Waals surface area (Å²) in [4.78, 5) is 11.2. The zero-order valence-corrected chi connectivity index (χ0v) is 9.96. The first-order chi connectivity index (χ1) is 5.87. The van der Waals surface area contributed by atoms with Crippen LogP contribution in [-0.2, 0) is 14.0 Å². The highest BCUT2D eigenvalue weighted by molar-refractivity contribution is 6.69.